The number of hydrogen-bond donors (Lipinski definition) is 1. The van der Waals surface area contributed by atoms with Crippen molar-refractivity contribution in [2.45, 2.75) is 6.04 Å². The molecule has 0 saturated carbocycles. The van der Waals surface area contributed by atoms with Gasteiger partial charge in [-0.15, -0.1) is 0 Å². The predicted octanol–water partition coefficient (Wildman–Crippen LogP) is 2.27. The standard InChI is InChI=1S/C13H15BrClNO4/c14-10-7-9(15)1-2-12(10)20-6-4-16-3-5-19-8-11(16)13(17)18/h1-2,7,11H,3-6,8H2,(H,17,18). The third kappa shape index (κ3) is 4.09. The molecule has 1 aliphatic heterocycles. The van der Waals surface area contributed by atoms with Gasteiger partial charge in [-0.1, -0.05) is 11.6 Å². The maximum Gasteiger partial charge on any atom is 0.323 e. The molecule has 1 aliphatic rings. The average molecular weight is 365 g/mol. The van der Waals surface area contributed by atoms with Crippen molar-refractivity contribution < 1.29 is 19.4 Å². The van der Waals surface area contributed by atoms with Gasteiger partial charge in [0.15, 0.2) is 0 Å². The number of nitrogens with zero attached hydrogens (tertiary/aromatic N) is 1. The SMILES string of the molecule is O=C(O)C1COCCN1CCOc1ccc(Cl)cc1Br. The highest BCUT2D eigenvalue weighted by Crippen LogP contribution is 2.27. The molecule has 5 nitrogen and oxygen atoms in total. The van der Waals surface area contributed by atoms with E-state index >= 15 is 0 Å². The van der Waals surface area contributed by atoms with E-state index in [-0.39, 0.29) is 6.61 Å². The van der Waals surface area contributed by atoms with E-state index < -0.39 is 12.0 Å². The molecular formula is C13H15BrClNO4. The summed E-state index contributed by atoms with van der Waals surface area (Å²) in [5.41, 5.74) is 0. The normalized spacial score (nSPS) is 19.8. The molecule has 2 rings (SSSR count). The quantitative estimate of drug-likeness (QED) is 0.868. The van der Waals surface area contributed by atoms with Gasteiger partial charge in [-0.2, -0.15) is 0 Å². The van der Waals surface area contributed by atoms with Crippen molar-refractivity contribution in [1.29, 1.82) is 0 Å². The maximum atomic E-state index is 11.1. The van der Waals surface area contributed by atoms with Crippen LogP contribution in [0.3, 0.4) is 0 Å². The Morgan fingerprint density at radius 3 is 3.10 bits per heavy atom. The van der Waals surface area contributed by atoms with Crippen LogP contribution in [0.4, 0.5) is 0 Å². The summed E-state index contributed by atoms with van der Waals surface area (Å²) in [7, 11) is 0. The fourth-order valence-electron chi connectivity index (χ4n) is 2.00. The van der Waals surface area contributed by atoms with Gasteiger partial charge in [0.2, 0.25) is 0 Å². The summed E-state index contributed by atoms with van der Waals surface area (Å²) >= 11 is 9.22. The minimum atomic E-state index is -0.864. The van der Waals surface area contributed by atoms with E-state index in [9.17, 15) is 4.79 Å². The van der Waals surface area contributed by atoms with Gasteiger partial charge in [-0.25, -0.2) is 0 Å². The van der Waals surface area contributed by atoms with Crippen LogP contribution in [0.25, 0.3) is 0 Å². The third-order valence-electron chi connectivity index (χ3n) is 3.05. The zero-order chi connectivity index (χ0) is 14.5. The molecule has 1 heterocycles. The van der Waals surface area contributed by atoms with E-state index in [1.54, 1.807) is 18.2 Å². The second-order valence-corrected chi connectivity index (χ2v) is 5.68. The molecule has 0 aliphatic carbocycles. The van der Waals surface area contributed by atoms with Crippen LogP contribution >= 0.6 is 27.5 Å². The van der Waals surface area contributed by atoms with Crippen molar-refractivity contribution in [3.8, 4) is 5.75 Å². The Bertz CT molecular complexity index is 485. The zero-order valence-corrected chi connectivity index (χ0v) is 13.1. The molecule has 0 bridgehead atoms. The van der Waals surface area contributed by atoms with Crippen LogP contribution in [-0.4, -0.2) is 54.9 Å². The summed E-state index contributed by atoms with van der Waals surface area (Å²) in [6.45, 7) is 2.32. The zero-order valence-electron chi connectivity index (χ0n) is 10.7. The topological polar surface area (TPSA) is 59.0 Å². The molecule has 0 amide bonds. The molecule has 0 aromatic heterocycles. The molecule has 0 spiro atoms. The number of hydrogen-bond acceptors (Lipinski definition) is 4. The Balaban J connectivity index is 1.86. The van der Waals surface area contributed by atoms with Gasteiger partial charge in [0.05, 0.1) is 17.7 Å². The maximum absolute atomic E-state index is 11.1. The Kier molecular flexibility index (Phi) is 5.65. The number of ether oxygens (including phenoxy) is 2. The monoisotopic (exact) mass is 363 g/mol. The fourth-order valence-corrected chi connectivity index (χ4v) is 2.80. The number of carboxylic acids is 1. The lowest BCUT2D eigenvalue weighted by atomic mass is 10.2. The highest BCUT2D eigenvalue weighted by atomic mass is 79.9. The summed E-state index contributed by atoms with van der Waals surface area (Å²) in [6.07, 6.45) is 0. The molecule has 1 fully saturated rings. The second kappa shape index (κ2) is 7.26. The van der Waals surface area contributed by atoms with Crippen molar-refractivity contribution in [2.75, 3.05) is 32.9 Å². The lowest BCUT2D eigenvalue weighted by Crippen LogP contribution is -2.51. The molecule has 1 saturated heterocycles. The fraction of sp³-hybridized carbons (Fsp3) is 0.462. The number of rotatable bonds is 5. The van der Waals surface area contributed by atoms with Crippen molar-refractivity contribution in [2.24, 2.45) is 0 Å². The molecule has 1 N–H and O–H groups in total. The van der Waals surface area contributed by atoms with Crippen molar-refractivity contribution >= 4 is 33.5 Å². The van der Waals surface area contributed by atoms with Gasteiger partial charge in [-0.05, 0) is 34.1 Å². The second-order valence-electron chi connectivity index (χ2n) is 4.39. The summed E-state index contributed by atoms with van der Waals surface area (Å²) < 4.78 is 11.6. The van der Waals surface area contributed by atoms with Crippen molar-refractivity contribution in [3.05, 3.63) is 27.7 Å². The van der Waals surface area contributed by atoms with E-state index in [0.29, 0.717) is 37.1 Å². The molecule has 20 heavy (non-hydrogen) atoms. The van der Waals surface area contributed by atoms with Gasteiger partial charge in [0, 0.05) is 18.1 Å². The minimum Gasteiger partial charge on any atom is -0.491 e. The first-order valence-electron chi connectivity index (χ1n) is 6.20. The van der Waals surface area contributed by atoms with Gasteiger partial charge >= 0.3 is 5.97 Å². The Hall–Kier alpha value is -0.820. The van der Waals surface area contributed by atoms with Gasteiger partial charge in [0.25, 0.3) is 0 Å². The first-order valence-corrected chi connectivity index (χ1v) is 7.37. The van der Waals surface area contributed by atoms with Crippen LogP contribution in [0.1, 0.15) is 0 Å². The summed E-state index contributed by atoms with van der Waals surface area (Å²) in [5.74, 6) is -0.174. The molecule has 1 unspecified atom stereocenters. The molecule has 7 heteroatoms. The summed E-state index contributed by atoms with van der Waals surface area (Å²) in [6, 6.07) is 4.68. The van der Waals surface area contributed by atoms with E-state index in [4.69, 9.17) is 26.2 Å². The van der Waals surface area contributed by atoms with E-state index in [1.165, 1.54) is 0 Å². The lowest BCUT2D eigenvalue weighted by Gasteiger charge is -2.32. The first kappa shape index (κ1) is 15.6. The Morgan fingerprint density at radius 2 is 2.40 bits per heavy atom. The van der Waals surface area contributed by atoms with Gasteiger partial charge in [0.1, 0.15) is 18.4 Å². The average Bonchev–Trinajstić information content (AvgIpc) is 2.41. The van der Waals surface area contributed by atoms with Crippen LogP contribution in [0.15, 0.2) is 22.7 Å². The molecule has 1 atom stereocenters. The molecular weight excluding hydrogens is 350 g/mol. The van der Waals surface area contributed by atoms with Crippen LogP contribution in [0.2, 0.25) is 5.02 Å². The van der Waals surface area contributed by atoms with Crippen molar-refractivity contribution in [1.82, 2.24) is 4.90 Å². The Morgan fingerprint density at radius 1 is 1.60 bits per heavy atom. The van der Waals surface area contributed by atoms with E-state index in [0.717, 1.165) is 4.47 Å². The number of morpholine rings is 1. The first-order chi connectivity index (χ1) is 9.58. The Labute approximate surface area is 130 Å². The molecule has 1 aromatic rings. The van der Waals surface area contributed by atoms with Crippen LogP contribution in [0, 0.1) is 0 Å². The lowest BCUT2D eigenvalue weighted by molar-refractivity contribution is -0.149. The largest absolute Gasteiger partial charge is 0.491 e. The molecule has 110 valence electrons. The third-order valence-corrected chi connectivity index (χ3v) is 3.91. The number of carboxylic acid groups (broad SMARTS) is 1. The molecule has 1 aromatic carbocycles. The number of carbonyl (C=O) groups is 1. The number of benzene rings is 1. The van der Waals surface area contributed by atoms with E-state index in [1.807, 2.05) is 4.90 Å². The minimum absolute atomic E-state index is 0.222. The number of aliphatic carboxylic acids is 1. The summed E-state index contributed by atoms with van der Waals surface area (Å²) in [5, 5.41) is 9.74. The predicted molar refractivity (Wildman–Crippen MR) is 78.5 cm³/mol. The highest BCUT2D eigenvalue weighted by Gasteiger charge is 2.28. The van der Waals surface area contributed by atoms with Crippen LogP contribution in [-0.2, 0) is 9.53 Å². The van der Waals surface area contributed by atoms with Crippen LogP contribution < -0.4 is 4.74 Å². The highest BCUT2D eigenvalue weighted by molar-refractivity contribution is 9.10. The van der Waals surface area contributed by atoms with Crippen molar-refractivity contribution in [3.63, 3.8) is 0 Å². The molecule has 0 radical (unpaired) electrons. The number of halogens is 2. The van der Waals surface area contributed by atoms with E-state index in [2.05, 4.69) is 15.9 Å². The van der Waals surface area contributed by atoms with Gasteiger partial charge in [-0.3, -0.25) is 9.69 Å². The van der Waals surface area contributed by atoms with Crippen LogP contribution in [0.5, 0.6) is 5.75 Å². The smallest absolute Gasteiger partial charge is 0.323 e. The summed E-state index contributed by atoms with van der Waals surface area (Å²) in [4.78, 5) is 13.0. The van der Waals surface area contributed by atoms with Gasteiger partial charge < -0.3 is 14.6 Å².